The number of hydrogen-bond donors (Lipinski definition) is 1. The summed E-state index contributed by atoms with van der Waals surface area (Å²) in [6.45, 7) is 0.235. The summed E-state index contributed by atoms with van der Waals surface area (Å²) in [4.78, 5) is 0. The van der Waals surface area contributed by atoms with Gasteiger partial charge in [-0.2, -0.15) is 0 Å². The molecule has 2 aromatic rings. The summed E-state index contributed by atoms with van der Waals surface area (Å²) in [5.41, 5.74) is 2.90. The van der Waals surface area contributed by atoms with Crippen LogP contribution in [-0.2, 0) is 6.61 Å². The quantitative estimate of drug-likeness (QED) is 0.858. The predicted octanol–water partition coefficient (Wildman–Crippen LogP) is 2.57. The van der Waals surface area contributed by atoms with E-state index in [1.54, 1.807) is 0 Å². The fourth-order valence-electron chi connectivity index (χ4n) is 2.00. The molecule has 1 N–H and O–H groups in total. The zero-order chi connectivity index (χ0) is 11.7. The van der Waals surface area contributed by atoms with Crippen molar-refractivity contribution in [1.29, 1.82) is 0 Å². The number of fused-ring (bicyclic) bond motifs is 1. The Balaban J connectivity index is 2.16. The van der Waals surface area contributed by atoms with Crippen LogP contribution in [0.3, 0.4) is 0 Å². The van der Waals surface area contributed by atoms with Crippen LogP contribution in [0.1, 0.15) is 5.56 Å². The molecular formula is C14H12O3. The maximum atomic E-state index is 9.41. The van der Waals surface area contributed by atoms with Gasteiger partial charge in [0.05, 0.1) is 6.61 Å². The summed E-state index contributed by atoms with van der Waals surface area (Å²) >= 11 is 0. The van der Waals surface area contributed by atoms with Gasteiger partial charge in [-0.3, -0.25) is 0 Å². The Bertz CT molecular complexity index is 535. The molecule has 3 nitrogen and oxygen atoms in total. The molecule has 1 aliphatic heterocycles. The van der Waals surface area contributed by atoms with Gasteiger partial charge in [0.25, 0.3) is 0 Å². The van der Waals surface area contributed by atoms with Crippen LogP contribution in [-0.4, -0.2) is 11.9 Å². The minimum absolute atomic E-state index is 0.0130. The SMILES string of the molecule is OCc1cc2c(cc1-c1ccccc1)OCO2. The largest absolute Gasteiger partial charge is 0.454 e. The first-order chi connectivity index (χ1) is 8.38. The lowest BCUT2D eigenvalue weighted by atomic mass is 9.99. The van der Waals surface area contributed by atoms with Crippen molar-refractivity contribution >= 4 is 0 Å². The minimum atomic E-state index is -0.0130. The molecule has 0 bridgehead atoms. The number of ether oxygens (including phenoxy) is 2. The van der Waals surface area contributed by atoms with Gasteiger partial charge in [0.2, 0.25) is 6.79 Å². The van der Waals surface area contributed by atoms with Gasteiger partial charge in [-0.25, -0.2) is 0 Å². The number of aliphatic hydroxyl groups excluding tert-OH is 1. The predicted molar refractivity (Wildman–Crippen MR) is 63.9 cm³/mol. The Morgan fingerprint density at radius 3 is 2.41 bits per heavy atom. The summed E-state index contributed by atoms with van der Waals surface area (Å²) in [6, 6.07) is 13.7. The second kappa shape index (κ2) is 4.11. The second-order valence-corrected chi connectivity index (χ2v) is 3.89. The van der Waals surface area contributed by atoms with Gasteiger partial charge < -0.3 is 14.6 Å². The van der Waals surface area contributed by atoms with E-state index >= 15 is 0 Å². The summed E-state index contributed by atoms with van der Waals surface area (Å²) in [6.07, 6.45) is 0. The van der Waals surface area contributed by atoms with Crippen LogP contribution in [0, 0.1) is 0 Å². The van der Waals surface area contributed by atoms with Gasteiger partial charge in [-0.1, -0.05) is 30.3 Å². The van der Waals surface area contributed by atoms with Crippen molar-refractivity contribution in [1.82, 2.24) is 0 Å². The maximum Gasteiger partial charge on any atom is 0.231 e. The molecule has 1 aliphatic rings. The van der Waals surface area contributed by atoms with Crippen LogP contribution in [0.2, 0.25) is 0 Å². The van der Waals surface area contributed by atoms with Crippen LogP contribution in [0.25, 0.3) is 11.1 Å². The molecule has 0 fully saturated rings. The lowest BCUT2D eigenvalue weighted by molar-refractivity contribution is 0.174. The zero-order valence-electron chi connectivity index (χ0n) is 9.22. The Morgan fingerprint density at radius 2 is 1.71 bits per heavy atom. The van der Waals surface area contributed by atoms with Gasteiger partial charge >= 0.3 is 0 Å². The first-order valence-corrected chi connectivity index (χ1v) is 5.47. The number of benzene rings is 2. The first-order valence-electron chi connectivity index (χ1n) is 5.47. The highest BCUT2D eigenvalue weighted by molar-refractivity contribution is 5.71. The molecule has 2 aromatic carbocycles. The average molecular weight is 228 g/mol. The van der Waals surface area contributed by atoms with Crippen molar-refractivity contribution < 1.29 is 14.6 Å². The molecule has 0 aliphatic carbocycles. The van der Waals surface area contributed by atoms with Crippen molar-refractivity contribution in [2.45, 2.75) is 6.61 Å². The van der Waals surface area contributed by atoms with Crippen molar-refractivity contribution in [3.8, 4) is 22.6 Å². The van der Waals surface area contributed by atoms with E-state index in [2.05, 4.69) is 0 Å². The van der Waals surface area contributed by atoms with E-state index in [-0.39, 0.29) is 13.4 Å². The van der Waals surface area contributed by atoms with Crippen LogP contribution in [0.5, 0.6) is 11.5 Å². The lowest BCUT2D eigenvalue weighted by Gasteiger charge is -2.09. The number of rotatable bonds is 2. The molecule has 1 heterocycles. The summed E-state index contributed by atoms with van der Waals surface area (Å²) < 4.78 is 10.7. The van der Waals surface area contributed by atoms with E-state index in [4.69, 9.17) is 9.47 Å². The van der Waals surface area contributed by atoms with Crippen LogP contribution >= 0.6 is 0 Å². The Morgan fingerprint density at radius 1 is 1.00 bits per heavy atom. The van der Waals surface area contributed by atoms with Crippen LogP contribution in [0.15, 0.2) is 42.5 Å². The van der Waals surface area contributed by atoms with Crippen LogP contribution in [0.4, 0.5) is 0 Å². The van der Waals surface area contributed by atoms with E-state index < -0.39 is 0 Å². The Hall–Kier alpha value is -2.00. The maximum absolute atomic E-state index is 9.41. The van der Waals surface area contributed by atoms with Gasteiger partial charge in [-0.05, 0) is 28.8 Å². The second-order valence-electron chi connectivity index (χ2n) is 3.89. The minimum Gasteiger partial charge on any atom is -0.454 e. The zero-order valence-corrected chi connectivity index (χ0v) is 9.22. The number of aliphatic hydroxyl groups is 1. The highest BCUT2D eigenvalue weighted by Gasteiger charge is 2.17. The molecule has 3 heteroatoms. The highest BCUT2D eigenvalue weighted by atomic mass is 16.7. The standard InChI is InChI=1S/C14H12O3/c15-8-11-6-13-14(17-9-16-13)7-12(11)10-4-2-1-3-5-10/h1-7,15H,8-9H2. The van der Waals surface area contributed by atoms with Crippen molar-refractivity contribution in [3.05, 3.63) is 48.0 Å². The van der Waals surface area contributed by atoms with Crippen LogP contribution < -0.4 is 9.47 Å². The third-order valence-electron chi connectivity index (χ3n) is 2.85. The molecule has 0 amide bonds. The fourth-order valence-corrected chi connectivity index (χ4v) is 2.00. The molecule has 0 spiro atoms. The molecule has 0 atom stereocenters. The molecular weight excluding hydrogens is 216 g/mol. The molecule has 3 rings (SSSR count). The number of hydrogen-bond acceptors (Lipinski definition) is 3. The first kappa shape index (κ1) is 10.2. The summed E-state index contributed by atoms with van der Waals surface area (Å²) in [7, 11) is 0. The average Bonchev–Trinajstić information content (AvgIpc) is 2.85. The summed E-state index contributed by atoms with van der Waals surface area (Å²) in [5, 5.41) is 9.41. The molecule has 0 unspecified atom stereocenters. The Kier molecular flexibility index (Phi) is 2.46. The third kappa shape index (κ3) is 1.74. The molecule has 0 aromatic heterocycles. The van der Waals surface area contributed by atoms with E-state index in [9.17, 15) is 5.11 Å². The molecule has 17 heavy (non-hydrogen) atoms. The third-order valence-corrected chi connectivity index (χ3v) is 2.85. The van der Waals surface area contributed by atoms with E-state index in [0.717, 1.165) is 22.4 Å². The fraction of sp³-hybridized carbons (Fsp3) is 0.143. The Labute approximate surface area is 99.2 Å². The van der Waals surface area contributed by atoms with E-state index in [0.29, 0.717) is 5.75 Å². The normalized spacial score (nSPS) is 12.8. The van der Waals surface area contributed by atoms with E-state index in [1.165, 1.54) is 0 Å². The van der Waals surface area contributed by atoms with Crippen molar-refractivity contribution in [2.75, 3.05) is 6.79 Å². The topological polar surface area (TPSA) is 38.7 Å². The van der Waals surface area contributed by atoms with E-state index in [1.807, 2.05) is 42.5 Å². The highest BCUT2D eigenvalue weighted by Crippen LogP contribution is 2.38. The van der Waals surface area contributed by atoms with Crippen molar-refractivity contribution in [3.63, 3.8) is 0 Å². The van der Waals surface area contributed by atoms with Gasteiger partial charge in [-0.15, -0.1) is 0 Å². The van der Waals surface area contributed by atoms with Gasteiger partial charge in [0.15, 0.2) is 11.5 Å². The smallest absolute Gasteiger partial charge is 0.231 e. The molecule has 86 valence electrons. The van der Waals surface area contributed by atoms with Gasteiger partial charge in [0.1, 0.15) is 0 Å². The van der Waals surface area contributed by atoms with Crippen molar-refractivity contribution in [2.24, 2.45) is 0 Å². The monoisotopic (exact) mass is 228 g/mol. The molecule has 0 saturated carbocycles. The summed E-state index contributed by atoms with van der Waals surface area (Å²) in [5.74, 6) is 1.44. The molecule has 0 saturated heterocycles. The van der Waals surface area contributed by atoms with Gasteiger partial charge in [0, 0.05) is 0 Å². The lowest BCUT2D eigenvalue weighted by Crippen LogP contribution is -1.92. The molecule has 0 radical (unpaired) electrons.